The monoisotopic (exact) mass is 464 g/mol. The third kappa shape index (κ3) is 5.63. The smallest absolute Gasteiger partial charge is 0.225 e. The van der Waals surface area contributed by atoms with Gasteiger partial charge in [0.05, 0.1) is 13.1 Å². The van der Waals surface area contributed by atoms with E-state index in [0.717, 1.165) is 55.8 Å². The van der Waals surface area contributed by atoms with Crippen LogP contribution in [0.25, 0.3) is 0 Å². The summed E-state index contributed by atoms with van der Waals surface area (Å²) < 4.78 is 5.81. The molecule has 3 aliphatic rings. The van der Waals surface area contributed by atoms with E-state index in [1.807, 2.05) is 28.9 Å². The maximum Gasteiger partial charge on any atom is 0.225 e. The Morgan fingerprint density at radius 2 is 1.85 bits per heavy atom. The Hall–Kier alpha value is -3.23. The molecule has 180 valence electrons. The van der Waals surface area contributed by atoms with E-state index < -0.39 is 0 Å². The van der Waals surface area contributed by atoms with Gasteiger partial charge in [0.2, 0.25) is 17.7 Å². The van der Waals surface area contributed by atoms with Gasteiger partial charge < -0.3 is 19.9 Å². The predicted octanol–water partition coefficient (Wildman–Crippen LogP) is 2.22. The fourth-order valence-corrected chi connectivity index (χ4v) is 4.54. The Labute approximate surface area is 199 Å². The lowest BCUT2D eigenvalue weighted by Gasteiger charge is -2.38. The summed E-state index contributed by atoms with van der Waals surface area (Å²) in [6.45, 7) is 4.71. The number of anilines is 1. The maximum absolute atomic E-state index is 12.6. The number of carbonyl (C=O) groups excluding carboxylic acids is 2. The summed E-state index contributed by atoms with van der Waals surface area (Å²) in [6, 6.07) is 6.13. The van der Waals surface area contributed by atoms with Crippen LogP contribution in [0.15, 0.2) is 30.7 Å². The molecule has 3 fully saturated rings. The molecular weight excluding hydrogens is 432 g/mol. The van der Waals surface area contributed by atoms with Crippen LogP contribution >= 0.6 is 0 Å². The van der Waals surface area contributed by atoms with Crippen LogP contribution in [0.1, 0.15) is 43.4 Å². The number of aryl methyl sites for hydroxylation is 2. The number of carbonyl (C=O) groups is 2. The van der Waals surface area contributed by atoms with Crippen molar-refractivity contribution in [1.29, 1.82) is 0 Å². The van der Waals surface area contributed by atoms with Gasteiger partial charge in [-0.05, 0) is 56.7 Å². The van der Waals surface area contributed by atoms with Crippen molar-refractivity contribution in [3.05, 3.63) is 42.0 Å². The zero-order valence-electron chi connectivity index (χ0n) is 19.7. The van der Waals surface area contributed by atoms with E-state index in [2.05, 4.69) is 20.3 Å². The van der Waals surface area contributed by atoms with Gasteiger partial charge in [-0.3, -0.25) is 9.59 Å². The summed E-state index contributed by atoms with van der Waals surface area (Å²) >= 11 is 0. The number of ether oxygens (including phenoxy) is 1. The number of likely N-dealkylation sites (tertiary alicyclic amines) is 2. The van der Waals surface area contributed by atoms with E-state index >= 15 is 0 Å². The zero-order chi connectivity index (χ0) is 23.5. The lowest BCUT2D eigenvalue weighted by Crippen LogP contribution is -2.56. The highest BCUT2D eigenvalue weighted by atomic mass is 16.5. The van der Waals surface area contributed by atoms with Gasteiger partial charge in [0, 0.05) is 49.4 Å². The first-order valence-corrected chi connectivity index (χ1v) is 12.3. The first-order chi connectivity index (χ1) is 16.5. The van der Waals surface area contributed by atoms with Crippen LogP contribution < -0.4 is 10.1 Å². The standard InChI is InChI=1S/C25H32N6O3/c1-17-12-23(28-16-27-17)34-21-14-31(15-21)24(32)5-2-18-6-9-26-22(13-18)29-20-7-10-30(11-8-20)25(33)19-3-4-19/h6,9,12-13,16,19-21H,2-5,7-8,10-11,14-15H2,1H3,(H,26,29). The van der Waals surface area contributed by atoms with Crippen molar-refractivity contribution in [2.45, 2.75) is 57.6 Å². The Bertz CT molecular complexity index is 1030. The van der Waals surface area contributed by atoms with Gasteiger partial charge in [-0.1, -0.05) is 0 Å². The molecule has 9 heteroatoms. The number of hydrogen-bond acceptors (Lipinski definition) is 7. The van der Waals surface area contributed by atoms with Gasteiger partial charge >= 0.3 is 0 Å². The average molecular weight is 465 g/mol. The SMILES string of the molecule is Cc1cc(OC2CN(C(=O)CCc3ccnc(NC4CCN(C(=O)C5CC5)CC4)c3)C2)ncn1. The van der Waals surface area contributed by atoms with Crippen LogP contribution in [0.5, 0.6) is 5.88 Å². The van der Waals surface area contributed by atoms with Crippen molar-refractivity contribution >= 4 is 17.6 Å². The number of pyridine rings is 1. The molecule has 4 heterocycles. The molecule has 1 saturated carbocycles. The number of aromatic nitrogens is 3. The van der Waals surface area contributed by atoms with Crippen molar-refractivity contribution in [1.82, 2.24) is 24.8 Å². The second kappa shape index (κ2) is 9.95. The normalized spacial score (nSPS) is 19.0. The molecule has 0 aromatic carbocycles. The number of rotatable bonds is 8. The first kappa shape index (κ1) is 22.6. The van der Waals surface area contributed by atoms with E-state index in [0.29, 0.717) is 49.7 Å². The zero-order valence-corrected chi connectivity index (χ0v) is 19.7. The number of nitrogens with one attached hydrogen (secondary N) is 1. The lowest BCUT2D eigenvalue weighted by atomic mass is 10.0. The molecule has 0 radical (unpaired) electrons. The van der Waals surface area contributed by atoms with Crippen LogP contribution in [-0.4, -0.2) is 74.9 Å². The highest BCUT2D eigenvalue weighted by Gasteiger charge is 2.35. The topological polar surface area (TPSA) is 101 Å². The Morgan fingerprint density at radius 3 is 2.59 bits per heavy atom. The third-order valence-electron chi connectivity index (χ3n) is 6.80. The molecule has 2 aromatic rings. The van der Waals surface area contributed by atoms with Crippen LogP contribution in [0, 0.1) is 12.8 Å². The third-order valence-corrected chi connectivity index (χ3v) is 6.80. The molecule has 2 amide bonds. The first-order valence-electron chi connectivity index (χ1n) is 12.3. The Kier molecular flexibility index (Phi) is 6.60. The molecular formula is C25H32N6O3. The fraction of sp³-hybridized carbons (Fsp3) is 0.560. The van der Waals surface area contributed by atoms with Gasteiger partial charge in [0.1, 0.15) is 18.2 Å². The largest absolute Gasteiger partial charge is 0.470 e. The Morgan fingerprint density at radius 1 is 1.06 bits per heavy atom. The molecule has 2 saturated heterocycles. The summed E-state index contributed by atoms with van der Waals surface area (Å²) in [7, 11) is 0. The second-order valence-corrected chi connectivity index (χ2v) is 9.60. The molecule has 5 rings (SSSR count). The van der Waals surface area contributed by atoms with Gasteiger partial charge in [-0.15, -0.1) is 0 Å². The van der Waals surface area contributed by atoms with Gasteiger partial charge in [0.15, 0.2) is 0 Å². The van der Waals surface area contributed by atoms with Crippen molar-refractivity contribution in [2.24, 2.45) is 5.92 Å². The van der Waals surface area contributed by atoms with Crippen LogP contribution in [-0.2, 0) is 16.0 Å². The number of amides is 2. The minimum Gasteiger partial charge on any atom is -0.470 e. The summed E-state index contributed by atoms with van der Waals surface area (Å²) in [4.78, 5) is 41.3. The van der Waals surface area contributed by atoms with Crippen LogP contribution in [0.3, 0.4) is 0 Å². The molecule has 1 aliphatic carbocycles. The summed E-state index contributed by atoms with van der Waals surface area (Å²) in [5.41, 5.74) is 1.95. The van der Waals surface area contributed by atoms with Crippen LogP contribution in [0.2, 0.25) is 0 Å². The summed E-state index contributed by atoms with van der Waals surface area (Å²) in [6.07, 6.45) is 8.42. The fourth-order valence-electron chi connectivity index (χ4n) is 4.54. The molecule has 0 bridgehead atoms. The van der Waals surface area contributed by atoms with E-state index in [9.17, 15) is 9.59 Å². The number of piperidine rings is 1. The minimum absolute atomic E-state index is 0.0130. The van der Waals surface area contributed by atoms with Crippen molar-refractivity contribution in [3.63, 3.8) is 0 Å². The average Bonchev–Trinajstić information content (AvgIpc) is 3.66. The van der Waals surface area contributed by atoms with Gasteiger partial charge in [-0.25, -0.2) is 15.0 Å². The van der Waals surface area contributed by atoms with E-state index in [1.165, 1.54) is 6.33 Å². The molecule has 0 spiro atoms. The molecule has 0 unspecified atom stereocenters. The molecule has 9 nitrogen and oxygen atoms in total. The van der Waals surface area contributed by atoms with E-state index in [-0.39, 0.29) is 12.0 Å². The predicted molar refractivity (Wildman–Crippen MR) is 126 cm³/mol. The molecule has 2 aromatic heterocycles. The van der Waals surface area contributed by atoms with Gasteiger partial charge in [-0.2, -0.15) is 0 Å². The molecule has 2 aliphatic heterocycles. The maximum atomic E-state index is 12.6. The van der Waals surface area contributed by atoms with Crippen LogP contribution in [0.4, 0.5) is 5.82 Å². The van der Waals surface area contributed by atoms with E-state index in [1.54, 1.807) is 12.3 Å². The molecule has 34 heavy (non-hydrogen) atoms. The molecule has 0 atom stereocenters. The quantitative estimate of drug-likeness (QED) is 0.639. The van der Waals surface area contributed by atoms with E-state index in [4.69, 9.17) is 4.74 Å². The highest BCUT2D eigenvalue weighted by Crippen LogP contribution is 2.32. The summed E-state index contributed by atoms with van der Waals surface area (Å²) in [5.74, 6) is 2.17. The molecule has 1 N–H and O–H groups in total. The van der Waals surface area contributed by atoms with Crippen molar-refractivity contribution in [3.8, 4) is 5.88 Å². The summed E-state index contributed by atoms with van der Waals surface area (Å²) in [5, 5.41) is 3.52. The van der Waals surface area contributed by atoms with Crippen molar-refractivity contribution < 1.29 is 14.3 Å². The van der Waals surface area contributed by atoms with Gasteiger partial charge in [0.25, 0.3) is 0 Å². The highest BCUT2D eigenvalue weighted by molar-refractivity contribution is 5.81. The Balaban J connectivity index is 1.03. The van der Waals surface area contributed by atoms with Crippen molar-refractivity contribution in [2.75, 3.05) is 31.5 Å². The minimum atomic E-state index is -0.0130. The second-order valence-electron chi connectivity index (χ2n) is 9.60. The number of nitrogens with zero attached hydrogens (tertiary/aromatic N) is 5. The number of hydrogen-bond donors (Lipinski definition) is 1. The lowest BCUT2D eigenvalue weighted by molar-refractivity contribution is -0.140.